The van der Waals surface area contributed by atoms with Gasteiger partial charge >= 0.3 is 0 Å². The molecule has 0 aromatic carbocycles. The molecule has 23 heavy (non-hydrogen) atoms. The zero-order valence-corrected chi connectivity index (χ0v) is 19.7. The molecule has 0 unspecified atom stereocenters. The molecule has 0 saturated carbocycles. The summed E-state index contributed by atoms with van der Waals surface area (Å²) in [7, 11) is 0. The first-order valence-corrected chi connectivity index (χ1v) is 12.2. The van der Waals surface area contributed by atoms with Crippen LogP contribution in [0.2, 0.25) is 0 Å². The highest BCUT2D eigenvalue weighted by Gasteiger charge is 2.19. The zero-order valence-electron chi connectivity index (χ0n) is 15.4. The fourth-order valence-electron chi connectivity index (χ4n) is 2.28. The van der Waals surface area contributed by atoms with Crippen molar-refractivity contribution in [1.29, 1.82) is 0 Å². The van der Waals surface area contributed by atoms with E-state index in [9.17, 15) is 0 Å². The van der Waals surface area contributed by atoms with Crippen LogP contribution in [0.1, 0.15) is 66.2 Å². The topological polar surface area (TPSA) is 42.5 Å². The lowest BCUT2D eigenvalue weighted by Crippen LogP contribution is -2.27. The SMILES string of the molecule is C=INCCCC(C)(C)OCCCCC(C)(C)OCCCNI. The van der Waals surface area contributed by atoms with Crippen LogP contribution in [-0.4, -0.2) is 42.0 Å². The van der Waals surface area contributed by atoms with Gasteiger partial charge in [0.15, 0.2) is 0 Å². The van der Waals surface area contributed by atoms with Crippen LogP contribution in [0, 0.1) is 0 Å². The van der Waals surface area contributed by atoms with Crippen molar-refractivity contribution in [1.82, 2.24) is 7.06 Å². The van der Waals surface area contributed by atoms with Crippen LogP contribution in [0.25, 0.3) is 0 Å². The summed E-state index contributed by atoms with van der Waals surface area (Å²) < 4.78 is 22.4. The maximum absolute atomic E-state index is 6.05. The second kappa shape index (κ2) is 14.4. The van der Waals surface area contributed by atoms with Crippen molar-refractivity contribution in [2.24, 2.45) is 0 Å². The van der Waals surface area contributed by atoms with Crippen molar-refractivity contribution in [2.75, 3.05) is 26.3 Å². The van der Waals surface area contributed by atoms with Gasteiger partial charge in [-0.25, -0.2) is 0 Å². The van der Waals surface area contributed by atoms with Gasteiger partial charge in [-0.2, -0.15) is 0 Å². The molecule has 0 saturated heterocycles. The Bertz CT molecular complexity index is 300. The molecule has 0 rings (SSSR count). The second-order valence-electron chi connectivity index (χ2n) is 7.03. The Morgan fingerprint density at radius 1 is 0.870 bits per heavy atom. The normalized spacial score (nSPS) is 12.7. The largest absolute Gasteiger partial charge is 0.376 e. The van der Waals surface area contributed by atoms with Crippen LogP contribution >= 0.6 is 43.9 Å². The molecular weight excluding hydrogens is 518 g/mol. The van der Waals surface area contributed by atoms with E-state index in [0.29, 0.717) is 0 Å². The van der Waals surface area contributed by atoms with E-state index < -0.39 is 0 Å². The van der Waals surface area contributed by atoms with Crippen molar-refractivity contribution in [3.05, 3.63) is 0 Å². The van der Waals surface area contributed by atoms with Crippen LogP contribution in [0.3, 0.4) is 0 Å². The van der Waals surface area contributed by atoms with Crippen LogP contribution in [0.5, 0.6) is 0 Å². The molecule has 0 radical (unpaired) electrons. The lowest BCUT2D eigenvalue weighted by Gasteiger charge is -2.27. The van der Waals surface area contributed by atoms with Gasteiger partial charge < -0.3 is 9.47 Å². The summed E-state index contributed by atoms with van der Waals surface area (Å²) in [5, 5.41) is 0. The number of unbranched alkanes of at least 4 members (excludes halogenated alkanes) is 1. The van der Waals surface area contributed by atoms with Crippen molar-refractivity contribution in [3.63, 3.8) is 0 Å². The van der Waals surface area contributed by atoms with Crippen LogP contribution in [0.15, 0.2) is 0 Å². The molecule has 0 fully saturated rings. The molecule has 6 heteroatoms. The Balaban J connectivity index is 3.66. The van der Waals surface area contributed by atoms with E-state index >= 15 is 0 Å². The molecule has 0 heterocycles. The van der Waals surface area contributed by atoms with Gasteiger partial charge in [0.05, 0.1) is 11.2 Å². The van der Waals surface area contributed by atoms with Crippen LogP contribution < -0.4 is 7.06 Å². The Morgan fingerprint density at radius 3 is 2.00 bits per heavy atom. The van der Waals surface area contributed by atoms with Gasteiger partial charge in [-0.3, -0.25) is 7.06 Å². The van der Waals surface area contributed by atoms with Gasteiger partial charge in [-0.1, -0.05) is 4.51 Å². The quantitative estimate of drug-likeness (QED) is 0.164. The van der Waals surface area contributed by atoms with E-state index in [2.05, 4.69) is 62.1 Å². The number of hydrogen-bond acceptors (Lipinski definition) is 4. The molecule has 0 spiro atoms. The number of halogens is 2. The first-order chi connectivity index (χ1) is 10.8. The Morgan fingerprint density at radius 2 is 1.43 bits per heavy atom. The standard InChI is InChI=1S/C17H36I2N2O2/c1-16(2,23-15-9-12-20-18)10-6-7-14-22-17(3,4)11-8-13-21-19-5/h20-21H,5-15H2,1-4H3. The molecule has 0 bridgehead atoms. The van der Waals surface area contributed by atoms with E-state index in [4.69, 9.17) is 9.47 Å². The molecule has 140 valence electrons. The summed E-state index contributed by atoms with van der Waals surface area (Å²) in [6, 6.07) is 0. The Hall–Kier alpha value is 1.17. The van der Waals surface area contributed by atoms with E-state index in [0.717, 1.165) is 64.8 Å². The monoisotopic (exact) mass is 554 g/mol. The van der Waals surface area contributed by atoms with E-state index in [1.54, 1.807) is 0 Å². The number of hydrogen-bond donors (Lipinski definition) is 2. The first-order valence-electron chi connectivity index (χ1n) is 8.55. The lowest BCUT2D eigenvalue weighted by atomic mass is 10.0. The molecule has 0 aliphatic heterocycles. The third-order valence-corrected chi connectivity index (χ3v) is 5.34. The predicted molar refractivity (Wildman–Crippen MR) is 119 cm³/mol. The first kappa shape index (κ1) is 24.2. The Labute approximate surface area is 167 Å². The minimum absolute atomic E-state index is 0.0143. The summed E-state index contributed by atoms with van der Waals surface area (Å²) in [5.41, 5.74) is -0.0383. The molecular formula is C17H36I2N2O2. The maximum atomic E-state index is 6.05. The Kier molecular flexibility index (Phi) is 15.1. The van der Waals surface area contributed by atoms with Crippen molar-refractivity contribution in [2.45, 2.75) is 77.4 Å². The molecule has 0 aliphatic carbocycles. The van der Waals surface area contributed by atoms with Gasteiger partial charge in [-0.05, 0) is 87.2 Å². The van der Waals surface area contributed by atoms with Gasteiger partial charge in [0.1, 0.15) is 0 Å². The highest BCUT2D eigenvalue weighted by molar-refractivity contribution is 14.2. The van der Waals surface area contributed by atoms with Gasteiger partial charge in [-0.15, -0.1) is 0 Å². The zero-order chi connectivity index (χ0) is 17.6. The summed E-state index contributed by atoms with van der Waals surface area (Å²) in [6.07, 6.45) is 6.67. The van der Waals surface area contributed by atoms with E-state index in [-0.39, 0.29) is 32.2 Å². The summed E-state index contributed by atoms with van der Waals surface area (Å²) in [4.78, 5) is 0. The third kappa shape index (κ3) is 16.4. The molecule has 0 aliphatic rings. The predicted octanol–water partition coefficient (Wildman–Crippen LogP) is 4.76. The molecule has 0 atom stereocenters. The number of nitrogens with one attached hydrogen (secondary N) is 2. The fourth-order valence-corrected chi connectivity index (χ4v) is 3.42. The molecule has 0 aromatic heterocycles. The highest BCUT2D eigenvalue weighted by Crippen LogP contribution is 2.20. The molecule has 0 aromatic rings. The van der Waals surface area contributed by atoms with Gasteiger partial charge in [0.2, 0.25) is 0 Å². The van der Waals surface area contributed by atoms with Crippen LogP contribution in [-0.2, 0) is 9.47 Å². The lowest BCUT2D eigenvalue weighted by molar-refractivity contribution is -0.0380. The van der Waals surface area contributed by atoms with Crippen LogP contribution in [0.4, 0.5) is 0 Å². The smallest absolute Gasteiger partial charge is 0.0627 e. The average Bonchev–Trinajstić information content (AvgIpc) is 2.48. The second-order valence-corrected chi connectivity index (χ2v) is 9.32. The maximum Gasteiger partial charge on any atom is 0.0627 e. The van der Waals surface area contributed by atoms with Crippen molar-refractivity contribution >= 4 is 48.4 Å². The minimum atomic E-state index is -0.0338. The van der Waals surface area contributed by atoms with Gasteiger partial charge in [0, 0.05) is 49.2 Å². The molecule has 0 amide bonds. The van der Waals surface area contributed by atoms with E-state index in [1.807, 2.05) is 0 Å². The van der Waals surface area contributed by atoms with Crippen molar-refractivity contribution in [3.8, 4) is 0 Å². The molecule has 4 nitrogen and oxygen atoms in total. The summed E-state index contributed by atoms with van der Waals surface area (Å²) in [5.74, 6) is 0. The molecule has 2 N–H and O–H groups in total. The number of rotatable bonds is 16. The van der Waals surface area contributed by atoms with Gasteiger partial charge in [0.25, 0.3) is 0 Å². The number of ether oxygens (including phenoxy) is 2. The summed E-state index contributed by atoms with van der Waals surface area (Å²) >= 11 is 2.14. The average molecular weight is 554 g/mol. The highest BCUT2D eigenvalue weighted by atomic mass is 127. The summed E-state index contributed by atoms with van der Waals surface area (Å²) in [6.45, 7) is 12.5. The van der Waals surface area contributed by atoms with Crippen molar-refractivity contribution < 1.29 is 9.47 Å². The third-order valence-electron chi connectivity index (χ3n) is 3.72. The minimum Gasteiger partial charge on any atom is -0.376 e. The fraction of sp³-hybridized carbons (Fsp3) is 0.941. The van der Waals surface area contributed by atoms with E-state index in [1.165, 1.54) is 0 Å².